The summed E-state index contributed by atoms with van der Waals surface area (Å²) in [5.74, 6) is 1.23. The third-order valence-corrected chi connectivity index (χ3v) is 6.41. The van der Waals surface area contributed by atoms with Gasteiger partial charge >= 0.3 is 0 Å². The number of benzene rings is 1. The highest BCUT2D eigenvalue weighted by Gasteiger charge is 2.20. The van der Waals surface area contributed by atoms with Gasteiger partial charge in [0, 0.05) is 25.5 Å². The first-order chi connectivity index (χ1) is 13.9. The predicted molar refractivity (Wildman–Crippen MR) is 119 cm³/mol. The highest BCUT2D eigenvalue weighted by molar-refractivity contribution is 7.09. The molecule has 29 heavy (non-hydrogen) atoms. The van der Waals surface area contributed by atoms with E-state index in [4.69, 9.17) is 0 Å². The molecule has 1 unspecified atom stereocenters. The first-order valence-corrected chi connectivity index (χ1v) is 11.2. The number of hydrogen-bond donors (Lipinski definition) is 2. The van der Waals surface area contributed by atoms with Gasteiger partial charge in [-0.2, -0.15) is 0 Å². The van der Waals surface area contributed by atoms with Crippen molar-refractivity contribution in [1.29, 1.82) is 0 Å². The Hall–Kier alpha value is -1.99. The molecular formula is C22H32FN5S. The number of guanidine groups is 1. The summed E-state index contributed by atoms with van der Waals surface area (Å²) in [7, 11) is 1.77. The van der Waals surface area contributed by atoms with Crippen molar-refractivity contribution in [2.45, 2.75) is 46.2 Å². The van der Waals surface area contributed by atoms with E-state index in [0.29, 0.717) is 11.5 Å². The summed E-state index contributed by atoms with van der Waals surface area (Å²) in [6, 6.07) is 5.36. The molecule has 1 aromatic heterocycles. The molecule has 1 aromatic carbocycles. The molecule has 1 atom stereocenters. The number of piperidine rings is 1. The molecule has 1 saturated heterocycles. The van der Waals surface area contributed by atoms with Crippen LogP contribution in [0, 0.1) is 25.6 Å². The van der Waals surface area contributed by atoms with Gasteiger partial charge in [-0.1, -0.05) is 12.1 Å². The maximum atomic E-state index is 13.8. The molecule has 1 aliphatic rings. The van der Waals surface area contributed by atoms with E-state index in [0.717, 1.165) is 42.7 Å². The van der Waals surface area contributed by atoms with Crippen molar-refractivity contribution in [3.05, 3.63) is 51.2 Å². The summed E-state index contributed by atoms with van der Waals surface area (Å²) >= 11 is 1.72. The van der Waals surface area contributed by atoms with Gasteiger partial charge in [0.1, 0.15) is 5.82 Å². The quantitative estimate of drug-likeness (QED) is 0.550. The minimum Gasteiger partial charge on any atom is -0.356 e. The van der Waals surface area contributed by atoms with Crippen LogP contribution in [0.4, 0.5) is 4.39 Å². The Morgan fingerprint density at radius 1 is 1.34 bits per heavy atom. The van der Waals surface area contributed by atoms with E-state index in [1.165, 1.54) is 18.5 Å². The lowest BCUT2D eigenvalue weighted by atomic mass is 9.97. The first-order valence-electron chi connectivity index (χ1n) is 10.3. The van der Waals surface area contributed by atoms with E-state index < -0.39 is 0 Å². The second kappa shape index (κ2) is 10.2. The third kappa shape index (κ3) is 6.24. The van der Waals surface area contributed by atoms with Crippen molar-refractivity contribution in [3.8, 4) is 0 Å². The fourth-order valence-corrected chi connectivity index (χ4v) is 4.26. The van der Waals surface area contributed by atoms with E-state index >= 15 is 0 Å². The number of hydrogen-bond acceptors (Lipinski definition) is 4. The van der Waals surface area contributed by atoms with Gasteiger partial charge in [-0.05, 0) is 69.8 Å². The van der Waals surface area contributed by atoms with Gasteiger partial charge in [0.2, 0.25) is 0 Å². The highest BCUT2D eigenvalue weighted by Crippen LogP contribution is 2.20. The van der Waals surface area contributed by atoms with Gasteiger partial charge in [0.15, 0.2) is 5.96 Å². The van der Waals surface area contributed by atoms with E-state index in [9.17, 15) is 4.39 Å². The topological polar surface area (TPSA) is 52.6 Å². The van der Waals surface area contributed by atoms with Crippen LogP contribution in [0.3, 0.4) is 0 Å². The van der Waals surface area contributed by atoms with Gasteiger partial charge in [0.25, 0.3) is 0 Å². The molecule has 2 heterocycles. The van der Waals surface area contributed by atoms with Crippen molar-refractivity contribution in [1.82, 2.24) is 20.5 Å². The van der Waals surface area contributed by atoms with Crippen molar-refractivity contribution in [3.63, 3.8) is 0 Å². The predicted octanol–water partition coefficient (Wildman–Crippen LogP) is 4.04. The van der Waals surface area contributed by atoms with E-state index in [2.05, 4.69) is 37.8 Å². The zero-order chi connectivity index (χ0) is 20.8. The fraction of sp³-hybridized carbons (Fsp3) is 0.545. The molecule has 0 bridgehead atoms. The van der Waals surface area contributed by atoms with Crippen LogP contribution >= 0.6 is 11.3 Å². The number of thiazole rings is 1. The SMILES string of the molecule is CN=C(NCC1CCN(Cc2csc(C)n2)CC1)NC(C)c1ccc(C)c(F)c1. The Morgan fingerprint density at radius 2 is 2.10 bits per heavy atom. The lowest BCUT2D eigenvalue weighted by Gasteiger charge is -2.32. The van der Waals surface area contributed by atoms with Gasteiger partial charge < -0.3 is 10.6 Å². The van der Waals surface area contributed by atoms with Crippen LogP contribution in [0.25, 0.3) is 0 Å². The molecule has 1 aliphatic heterocycles. The monoisotopic (exact) mass is 417 g/mol. The number of likely N-dealkylation sites (tertiary alicyclic amines) is 1. The van der Waals surface area contributed by atoms with Gasteiger partial charge in [-0.25, -0.2) is 9.37 Å². The van der Waals surface area contributed by atoms with Crippen LogP contribution in [0.5, 0.6) is 0 Å². The van der Waals surface area contributed by atoms with E-state index in [-0.39, 0.29) is 11.9 Å². The molecular weight excluding hydrogens is 385 g/mol. The zero-order valence-electron chi connectivity index (χ0n) is 17.8. The summed E-state index contributed by atoms with van der Waals surface area (Å²) in [5, 5.41) is 10.1. The van der Waals surface area contributed by atoms with E-state index in [1.807, 2.05) is 19.1 Å². The van der Waals surface area contributed by atoms with Crippen LogP contribution in [0.1, 0.15) is 47.6 Å². The third-order valence-electron chi connectivity index (χ3n) is 5.59. The molecule has 0 radical (unpaired) electrons. The average Bonchev–Trinajstić information content (AvgIpc) is 3.12. The first kappa shape index (κ1) is 21.7. The second-order valence-corrected chi connectivity index (χ2v) is 8.97. The summed E-state index contributed by atoms with van der Waals surface area (Å²) in [5.41, 5.74) is 2.77. The number of aryl methyl sites for hydroxylation is 2. The Balaban J connectivity index is 1.42. The average molecular weight is 418 g/mol. The molecule has 2 N–H and O–H groups in total. The Morgan fingerprint density at radius 3 is 2.72 bits per heavy atom. The van der Waals surface area contributed by atoms with Crippen molar-refractivity contribution >= 4 is 17.3 Å². The van der Waals surface area contributed by atoms with Crippen molar-refractivity contribution < 1.29 is 4.39 Å². The molecule has 1 fully saturated rings. The number of rotatable bonds is 6. The second-order valence-electron chi connectivity index (χ2n) is 7.91. The maximum Gasteiger partial charge on any atom is 0.191 e. The number of nitrogens with one attached hydrogen (secondary N) is 2. The normalized spacial score (nSPS) is 17.3. The van der Waals surface area contributed by atoms with Gasteiger partial charge in [0.05, 0.1) is 16.7 Å². The zero-order valence-corrected chi connectivity index (χ0v) is 18.7. The molecule has 3 rings (SSSR count). The Bertz CT molecular complexity index is 826. The minimum absolute atomic E-state index is 0.0142. The lowest BCUT2D eigenvalue weighted by Crippen LogP contribution is -2.43. The molecule has 7 heteroatoms. The Labute approximate surface area is 177 Å². The summed E-state index contributed by atoms with van der Waals surface area (Å²) in [6.45, 7) is 9.93. The molecule has 0 amide bonds. The van der Waals surface area contributed by atoms with Gasteiger partial charge in [-0.3, -0.25) is 9.89 Å². The van der Waals surface area contributed by atoms with Gasteiger partial charge in [-0.15, -0.1) is 11.3 Å². The van der Waals surface area contributed by atoms with Crippen LogP contribution in [-0.2, 0) is 6.54 Å². The molecule has 2 aromatic rings. The van der Waals surface area contributed by atoms with Crippen LogP contribution in [0.2, 0.25) is 0 Å². The number of aliphatic imine (C=N–C) groups is 1. The van der Waals surface area contributed by atoms with Crippen LogP contribution < -0.4 is 10.6 Å². The maximum absolute atomic E-state index is 13.8. The Kier molecular flexibility index (Phi) is 7.61. The smallest absolute Gasteiger partial charge is 0.191 e. The summed E-state index contributed by atoms with van der Waals surface area (Å²) in [4.78, 5) is 11.4. The standard InChI is InChI=1S/C22H32FN5S/c1-15-5-6-19(11-21(15)23)16(2)26-22(24-4)25-12-18-7-9-28(10-8-18)13-20-14-29-17(3)27-20/h5-6,11,14,16,18H,7-10,12-13H2,1-4H3,(H2,24,25,26). The van der Waals surface area contributed by atoms with E-state index in [1.54, 1.807) is 31.4 Å². The number of nitrogens with zero attached hydrogens (tertiary/aromatic N) is 3. The van der Waals surface area contributed by atoms with Crippen molar-refractivity contribution in [2.24, 2.45) is 10.9 Å². The highest BCUT2D eigenvalue weighted by atomic mass is 32.1. The fourth-order valence-electron chi connectivity index (χ4n) is 3.66. The molecule has 158 valence electrons. The number of halogens is 1. The molecule has 0 saturated carbocycles. The molecule has 0 aliphatic carbocycles. The molecule has 0 spiro atoms. The van der Waals surface area contributed by atoms with Crippen LogP contribution in [-0.4, -0.2) is 42.5 Å². The minimum atomic E-state index is -0.168. The molecule has 5 nitrogen and oxygen atoms in total. The number of aromatic nitrogens is 1. The van der Waals surface area contributed by atoms with Crippen LogP contribution in [0.15, 0.2) is 28.6 Å². The summed E-state index contributed by atoms with van der Waals surface area (Å²) in [6.07, 6.45) is 2.34. The summed E-state index contributed by atoms with van der Waals surface area (Å²) < 4.78 is 13.8. The van der Waals surface area contributed by atoms with Crippen molar-refractivity contribution in [2.75, 3.05) is 26.7 Å². The lowest BCUT2D eigenvalue weighted by molar-refractivity contribution is 0.176. The largest absolute Gasteiger partial charge is 0.356 e.